The van der Waals surface area contributed by atoms with Crippen molar-refractivity contribution in [1.82, 2.24) is 0 Å². The first-order chi connectivity index (χ1) is 5.66. The summed E-state index contributed by atoms with van der Waals surface area (Å²) in [6, 6.07) is 0. The second-order valence-corrected chi connectivity index (χ2v) is 4.82. The minimum Gasteiger partial charge on any atom is -0.299 e. The van der Waals surface area contributed by atoms with E-state index in [9.17, 15) is 9.59 Å². The molecule has 0 rings (SSSR count). The van der Waals surface area contributed by atoms with Crippen molar-refractivity contribution in [3.63, 3.8) is 0 Å². The van der Waals surface area contributed by atoms with Crippen LogP contribution in [0.2, 0.25) is 0 Å². The molecule has 0 saturated carbocycles. The molecule has 0 aliphatic carbocycles. The summed E-state index contributed by atoms with van der Waals surface area (Å²) in [5, 5.41) is 0. The summed E-state index contributed by atoms with van der Waals surface area (Å²) in [7, 11) is 0. The minimum atomic E-state index is -0.793. The first kappa shape index (κ1) is 12.3. The fraction of sp³-hybridized carbons (Fsp3) is 0.818. The van der Waals surface area contributed by atoms with Crippen LogP contribution in [0.1, 0.15) is 48.0 Å². The monoisotopic (exact) mass is 184 g/mol. The summed E-state index contributed by atoms with van der Waals surface area (Å²) < 4.78 is 0. The van der Waals surface area contributed by atoms with Crippen molar-refractivity contribution in [2.45, 2.75) is 48.0 Å². The molecule has 1 atom stereocenters. The number of rotatable bonds is 3. The van der Waals surface area contributed by atoms with Crippen LogP contribution >= 0.6 is 0 Å². The van der Waals surface area contributed by atoms with E-state index in [0.717, 1.165) is 0 Å². The van der Waals surface area contributed by atoms with E-state index in [1.807, 2.05) is 27.7 Å². The lowest BCUT2D eigenvalue weighted by Crippen LogP contribution is -2.41. The highest BCUT2D eigenvalue weighted by molar-refractivity contribution is 6.07. The van der Waals surface area contributed by atoms with Crippen molar-refractivity contribution < 1.29 is 9.59 Å². The third kappa shape index (κ3) is 2.39. The van der Waals surface area contributed by atoms with Gasteiger partial charge in [0.05, 0.1) is 5.41 Å². The molecule has 0 aliphatic rings. The number of hydrogen-bond acceptors (Lipinski definition) is 2. The van der Waals surface area contributed by atoms with Gasteiger partial charge in [0.1, 0.15) is 5.78 Å². The standard InChI is InChI=1S/C11H20O2/c1-7-11(6,8(2)12)9(13)10(3,4)5/h7H2,1-6H3. The van der Waals surface area contributed by atoms with Gasteiger partial charge < -0.3 is 0 Å². The molecule has 2 heteroatoms. The van der Waals surface area contributed by atoms with Gasteiger partial charge in [0, 0.05) is 5.41 Å². The maximum Gasteiger partial charge on any atom is 0.151 e. The second-order valence-electron chi connectivity index (χ2n) is 4.82. The molecule has 0 radical (unpaired) electrons. The molecule has 1 unspecified atom stereocenters. The molecular weight excluding hydrogens is 164 g/mol. The summed E-state index contributed by atoms with van der Waals surface area (Å²) in [5.74, 6) is 0.00456. The van der Waals surface area contributed by atoms with Gasteiger partial charge in [0.25, 0.3) is 0 Å². The molecule has 0 fully saturated rings. The quantitative estimate of drug-likeness (QED) is 0.632. The third-order valence-electron chi connectivity index (χ3n) is 2.67. The predicted molar refractivity (Wildman–Crippen MR) is 53.5 cm³/mol. The Hall–Kier alpha value is -0.660. The van der Waals surface area contributed by atoms with Gasteiger partial charge in [0.15, 0.2) is 5.78 Å². The Morgan fingerprint density at radius 2 is 1.46 bits per heavy atom. The Morgan fingerprint density at radius 1 is 1.08 bits per heavy atom. The molecule has 0 spiro atoms. The van der Waals surface area contributed by atoms with E-state index in [1.54, 1.807) is 6.92 Å². The Kier molecular flexibility index (Phi) is 3.42. The molecule has 76 valence electrons. The van der Waals surface area contributed by atoms with Gasteiger partial charge in [-0.3, -0.25) is 9.59 Å². The number of ketones is 2. The molecule has 0 heterocycles. The van der Waals surface area contributed by atoms with E-state index in [0.29, 0.717) is 6.42 Å². The number of carbonyl (C=O) groups is 2. The average Bonchev–Trinajstić information content (AvgIpc) is 1.99. The Bertz CT molecular complexity index is 223. The van der Waals surface area contributed by atoms with E-state index in [4.69, 9.17) is 0 Å². The summed E-state index contributed by atoms with van der Waals surface area (Å²) in [6.45, 7) is 10.7. The zero-order valence-electron chi connectivity index (χ0n) is 9.52. The zero-order chi connectivity index (χ0) is 10.9. The van der Waals surface area contributed by atoms with Gasteiger partial charge >= 0.3 is 0 Å². The first-order valence-electron chi connectivity index (χ1n) is 4.72. The highest BCUT2D eigenvalue weighted by Crippen LogP contribution is 2.32. The summed E-state index contributed by atoms with van der Waals surface area (Å²) in [5.41, 5.74) is -1.23. The Morgan fingerprint density at radius 3 is 1.54 bits per heavy atom. The van der Waals surface area contributed by atoms with Gasteiger partial charge in [-0.05, 0) is 20.3 Å². The number of hydrogen-bond donors (Lipinski definition) is 0. The molecule has 0 aromatic carbocycles. The van der Waals surface area contributed by atoms with Crippen molar-refractivity contribution in [2.24, 2.45) is 10.8 Å². The highest BCUT2D eigenvalue weighted by Gasteiger charge is 2.41. The van der Waals surface area contributed by atoms with Crippen LogP contribution < -0.4 is 0 Å². The van der Waals surface area contributed by atoms with Crippen molar-refractivity contribution in [1.29, 1.82) is 0 Å². The van der Waals surface area contributed by atoms with Gasteiger partial charge in [-0.15, -0.1) is 0 Å². The van der Waals surface area contributed by atoms with Gasteiger partial charge in [-0.1, -0.05) is 27.7 Å². The highest BCUT2D eigenvalue weighted by atomic mass is 16.2. The van der Waals surface area contributed by atoms with Crippen LogP contribution in [0.3, 0.4) is 0 Å². The molecule has 0 aromatic rings. The lowest BCUT2D eigenvalue weighted by Gasteiger charge is -2.30. The van der Waals surface area contributed by atoms with Crippen LogP contribution in [-0.2, 0) is 9.59 Å². The van der Waals surface area contributed by atoms with Crippen LogP contribution in [0.4, 0.5) is 0 Å². The fourth-order valence-electron chi connectivity index (χ4n) is 1.40. The largest absolute Gasteiger partial charge is 0.299 e. The summed E-state index contributed by atoms with van der Waals surface area (Å²) in [4.78, 5) is 23.3. The van der Waals surface area contributed by atoms with Crippen molar-refractivity contribution in [2.75, 3.05) is 0 Å². The van der Waals surface area contributed by atoms with Crippen molar-refractivity contribution in [3.05, 3.63) is 0 Å². The molecule has 13 heavy (non-hydrogen) atoms. The van der Waals surface area contributed by atoms with Crippen LogP contribution in [0.5, 0.6) is 0 Å². The van der Waals surface area contributed by atoms with Crippen LogP contribution in [0.25, 0.3) is 0 Å². The van der Waals surface area contributed by atoms with Crippen LogP contribution in [-0.4, -0.2) is 11.6 Å². The fourth-order valence-corrected chi connectivity index (χ4v) is 1.40. The normalized spacial score (nSPS) is 16.5. The molecule has 2 nitrogen and oxygen atoms in total. The Labute approximate surface area is 80.7 Å². The molecule has 0 aliphatic heterocycles. The molecular formula is C11H20O2. The molecule has 0 N–H and O–H groups in total. The van der Waals surface area contributed by atoms with E-state index in [1.165, 1.54) is 6.92 Å². The van der Waals surface area contributed by atoms with Crippen LogP contribution in [0, 0.1) is 10.8 Å². The summed E-state index contributed by atoms with van der Waals surface area (Å²) in [6.07, 6.45) is 0.582. The smallest absolute Gasteiger partial charge is 0.151 e. The van der Waals surface area contributed by atoms with E-state index < -0.39 is 10.8 Å². The van der Waals surface area contributed by atoms with E-state index in [-0.39, 0.29) is 11.6 Å². The van der Waals surface area contributed by atoms with Gasteiger partial charge in [0.2, 0.25) is 0 Å². The lowest BCUT2D eigenvalue weighted by atomic mass is 9.70. The number of carbonyl (C=O) groups excluding carboxylic acids is 2. The summed E-state index contributed by atoms with van der Waals surface area (Å²) >= 11 is 0. The van der Waals surface area contributed by atoms with Gasteiger partial charge in [-0.25, -0.2) is 0 Å². The van der Waals surface area contributed by atoms with Crippen LogP contribution in [0.15, 0.2) is 0 Å². The topological polar surface area (TPSA) is 34.1 Å². The third-order valence-corrected chi connectivity index (χ3v) is 2.67. The number of Topliss-reactive ketones (excluding diaryl/α,β-unsaturated/α-hetero) is 2. The van der Waals surface area contributed by atoms with Gasteiger partial charge in [-0.2, -0.15) is 0 Å². The maximum absolute atomic E-state index is 11.9. The average molecular weight is 184 g/mol. The zero-order valence-corrected chi connectivity index (χ0v) is 9.52. The first-order valence-corrected chi connectivity index (χ1v) is 4.72. The second kappa shape index (κ2) is 3.60. The molecule has 0 bridgehead atoms. The minimum absolute atomic E-state index is 0.0325. The lowest BCUT2D eigenvalue weighted by molar-refractivity contribution is -0.144. The molecule has 0 saturated heterocycles. The molecule has 0 amide bonds. The van der Waals surface area contributed by atoms with Crippen molar-refractivity contribution >= 4 is 11.6 Å². The maximum atomic E-state index is 11.9. The SMILES string of the molecule is CCC(C)(C(C)=O)C(=O)C(C)(C)C. The molecule has 0 aromatic heterocycles. The Balaban J connectivity index is 5.01. The van der Waals surface area contributed by atoms with Crippen molar-refractivity contribution in [3.8, 4) is 0 Å². The van der Waals surface area contributed by atoms with E-state index in [2.05, 4.69) is 0 Å². The van der Waals surface area contributed by atoms with E-state index >= 15 is 0 Å². The predicted octanol–water partition coefficient (Wildman–Crippen LogP) is 2.61.